The molecule has 0 unspecified atom stereocenters. The van der Waals surface area contributed by atoms with E-state index in [4.69, 9.17) is 0 Å². The van der Waals surface area contributed by atoms with Crippen LogP contribution in [-0.2, 0) is 16.4 Å². The first-order valence-electron chi connectivity index (χ1n) is 8.36. The molecule has 26 heavy (non-hydrogen) atoms. The van der Waals surface area contributed by atoms with Gasteiger partial charge in [-0.2, -0.15) is 5.10 Å². The summed E-state index contributed by atoms with van der Waals surface area (Å²) in [5, 5.41) is 4.30. The average molecular weight is 370 g/mol. The molecule has 0 radical (unpaired) electrons. The van der Waals surface area contributed by atoms with Crippen molar-refractivity contribution in [3.05, 3.63) is 53.9 Å². The van der Waals surface area contributed by atoms with E-state index < -0.39 is 9.84 Å². The molecule has 2 aromatic heterocycles. The summed E-state index contributed by atoms with van der Waals surface area (Å²) in [6.45, 7) is 1.83. The molecule has 3 aromatic rings. The molecule has 0 aliphatic carbocycles. The summed E-state index contributed by atoms with van der Waals surface area (Å²) in [6, 6.07) is 11.4. The second-order valence-electron chi connectivity index (χ2n) is 6.42. The number of sulfone groups is 1. The van der Waals surface area contributed by atoms with Crippen molar-refractivity contribution in [2.24, 2.45) is 0 Å². The van der Waals surface area contributed by atoms with Gasteiger partial charge in [0.1, 0.15) is 5.69 Å². The fourth-order valence-electron chi connectivity index (χ4n) is 3.14. The van der Waals surface area contributed by atoms with E-state index in [0.717, 1.165) is 16.8 Å². The van der Waals surface area contributed by atoms with Crippen LogP contribution < -0.4 is 0 Å². The van der Waals surface area contributed by atoms with Crippen LogP contribution >= 0.6 is 0 Å². The van der Waals surface area contributed by atoms with Gasteiger partial charge in [0.05, 0.1) is 23.4 Å². The van der Waals surface area contributed by atoms with E-state index in [2.05, 4.69) is 21.0 Å². The summed E-state index contributed by atoms with van der Waals surface area (Å²) in [5.41, 5.74) is 3.89. The van der Waals surface area contributed by atoms with Crippen molar-refractivity contribution in [1.29, 1.82) is 0 Å². The molecule has 1 saturated heterocycles. The Morgan fingerprint density at radius 2 is 1.92 bits per heavy atom. The van der Waals surface area contributed by atoms with E-state index in [1.807, 2.05) is 18.2 Å². The van der Waals surface area contributed by atoms with Crippen LogP contribution in [0.3, 0.4) is 0 Å². The molecule has 8 heteroatoms. The van der Waals surface area contributed by atoms with E-state index in [9.17, 15) is 13.2 Å². The zero-order chi connectivity index (χ0) is 18.1. The number of imidazole rings is 1. The first-order chi connectivity index (χ1) is 12.5. The van der Waals surface area contributed by atoms with Gasteiger partial charge in [-0.3, -0.25) is 9.69 Å². The van der Waals surface area contributed by atoms with Gasteiger partial charge in [-0.25, -0.2) is 17.9 Å². The van der Waals surface area contributed by atoms with E-state index >= 15 is 0 Å². The quantitative estimate of drug-likeness (QED) is 0.646. The molecule has 0 amide bonds. The van der Waals surface area contributed by atoms with Gasteiger partial charge in [-0.15, -0.1) is 0 Å². The highest BCUT2D eigenvalue weighted by Gasteiger charge is 2.21. The number of carbonyl (C=O) groups excluding carboxylic acids is 1. The highest BCUT2D eigenvalue weighted by molar-refractivity contribution is 7.91. The molecule has 1 fully saturated rings. The number of benzene rings is 1. The van der Waals surface area contributed by atoms with Crippen LogP contribution in [-0.4, -0.2) is 58.8 Å². The van der Waals surface area contributed by atoms with Crippen LogP contribution in [0.1, 0.15) is 16.1 Å². The Balaban J connectivity index is 1.61. The first-order valence-corrected chi connectivity index (χ1v) is 10.2. The topological polar surface area (TPSA) is 84.6 Å². The number of aldehydes is 1. The fourth-order valence-corrected chi connectivity index (χ4v) is 4.42. The van der Waals surface area contributed by atoms with Gasteiger partial charge in [0.25, 0.3) is 0 Å². The second-order valence-corrected chi connectivity index (χ2v) is 8.72. The highest BCUT2D eigenvalue weighted by Crippen LogP contribution is 2.22. The zero-order valence-electron chi connectivity index (χ0n) is 14.1. The van der Waals surface area contributed by atoms with E-state index in [1.165, 1.54) is 0 Å². The highest BCUT2D eigenvalue weighted by atomic mass is 32.2. The zero-order valence-corrected chi connectivity index (χ0v) is 14.9. The number of fused-ring (bicyclic) bond motifs is 1. The number of carbonyl (C=O) groups is 1. The molecule has 0 spiro atoms. The third-order valence-corrected chi connectivity index (χ3v) is 6.18. The third kappa shape index (κ3) is 3.38. The lowest BCUT2D eigenvalue weighted by Gasteiger charge is -2.26. The first kappa shape index (κ1) is 16.9. The lowest BCUT2D eigenvalue weighted by atomic mass is 10.1. The minimum Gasteiger partial charge on any atom is -0.297 e. The molecule has 1 aliphatic rings. The maximum Gasteiger partial charge on any atom is 0.170 e. The summed E-state index contributed by atoms with van der Waals surface area (Å²) in [4.78, 5) is 17.5. The molecule has 0 bridgehead atoms. The maximum atomic E-state index is 11.6. The Bertz CT molecular complexity index is 1060. The molecule has 7 nitrogen and oxygen atoms in total. The van der Waals surface area contributed by atoms with Crippen molar-refractivity contribution in [3.8, 4) is 11.3 Å². The fraction of sp³-hybridized carbons (Fsp3) is 0.278. The molecule has 134 valence electrons. The molecule has 3 heterocycles. The Kier molecular flexibility index (Phi) is 4.29. The van der Waals surface area contributed by atoms with E-state index in [-0.39, 0.29) is 11.5 Å². The largest absolute Gasteiger partial charge is 0.297 e. The Morgan fingerprint density at radius 1 is 1.12 bits per heavy atom. The predicted molar refractivity (Wildman–Crippen MR) is 97.7 cm³/mol. The standard InChI is InChI=1S/C18H18N4O3S/c23-13-16-4-5-18-19-11-17(22(18)20-16)15-3-1-2-14(10-15)12-21-6-8-26(24,25)9-7-21/h1-5,10-11,13H,6-9,12H2. The van der Waals surface area contributed by atoms with Crippen LogP contribution in [0.2, 0.25) is 0 Å². The lowest BCUT2D eigenvalue weighted by Crippen LogP contribution is -2.39. The van der Waals surface area contributed by atoms with Gasteiger partial charge in [-0.05, 0) is 23.8 Å². The van der Waals surface area contributed by atoms with Crippen LogP contribution in [0.25, 0.3) is 16.9 Å². The minimum absolute atomic E-state index is 0.221. The molecule has 1 aliphatic heterocycles. The van der Waals surface area contributed by atoms with Gasteiger partial charge in [0.15, 0.2) is 21.8 Å². The van der Waals surface area contributed by atoms with Crippen LogP contribution in [0.4, 0.5) is 0 Å². The summed E-state index contributed by atoms with van der Waals surface area (Å²) in [5.74, 6) is 0.441. The van der Waals surface area contributed by atoms with Gasteiger partial charge in [0.2, 0.25) is 0 Å². The molecule has 0 atom stereocenters. The lowest BCUT2D eigenvalue weighted by molar-refractivity contribution is 0.111. The SMILES string of the molecule is O=Cc1ccc2ncc(-c3cccc(CN4CCS(=O)(=O)CC4)c3)n2n1. The van der Waals surface area contributed by atoms with Crippen molar-refractivity contribution in [3.63, 3.8) is 0 Å². The summed E-state index contributed by atoms with van der Waals surface area (Å²) >= 11 is 0. The summed E-state index contributed by atoms with van der Waals surface area (Å²) < 4.78 is 24.8. The van der Waals surface area contributed by atoms with Crippen molar-refractivity contribution in [1.82, 2.24) is 19.5 Å². The molecular formula is C18H18N4O3S. The van der Waals surface area contributed by atoms with Gasteiger partial charge < -0.3 is 0 Å². The van der Waals surface area contributed by atoms with Crippen molar-refractivity contribution in [2.75, 3.05) is 24.6 Å². The van der Waals surface area contributed by atoms with Crippen molar-refractivity contribution < 1.29 is 13.2 Å². The number of aromatic nitrogens is 3. The van der Waals surface area contributed by atoms with E-state index in [0.29, 0.717) is 37.3 Å². The smallest absolute Gasteiger partial charge is 0.170 e. The normalized spacial score (nSPS) is 17.4. The molecule has 0 saturated carbocycles. The van der Waals surface area contributed by atoms with Gasteiger partial charge in [-0.1, -0.05) is 18.2 Å². The minimum atomic E-state index is -2.87. The molecule has 0 N–H and O–H groups in total. The maximum absolute atomic E-state index is 11.6. The van der Waals surface area contributed by atoms with Gasteiger partial charge in [0, 0.05) is 25.2 Å². The number of nitrogens with zero attached hydrogens (tertiary/aromatic N) is 4. The molecule has 1 aromatic carbocycles. The Labute approximate surface area is 151 Å². The summed E-state index contributed by atoms with van der Waals surface area (Å²) in [7, 11) is -2.87. The van der Waals surface area contributed by atoms with Crippen molar-refractivity contribution >= 4 is 21.8 Å². The Hall–Kier alpha value is -2.58. The van der Waals surface area contributed by atoms with Crippen molar-refractivity contribution in [2.45, 2.75) is 6.54 Å². The Morgan fingerprint density at radius 3 is 2.69 bits per heavy atom. The van der Waals surface area contributed by atoms with Crippen LogP contribution in [0, 0.1) is 0 Å². The predicted octanol–water partition coefficient (Wildman–Crippen LogP) is 1.44. The monoisotopic (exact) mass is 370 g/mol. The second kappa shape index (κ2) is 6.62. The molecule has 4 rings (SSSR count). The third-order valence-electron chi connectivity index (χ3n) is 4.57. The average Bonchev–Trinajstić information content (AvgIpc) is 3.07. The number of hydrogen-bond donors (Lipinski definition) is 0. The van der Waals surface area contributed by atoms with Crippen LogP contribution in [0.5, 0.6) is 0 Å². The summed E-state index contributed by atoms with van der Waals surface area (Å²) in [6.07, 6.45) is 2.45. The van der Waals surface area contributed by atoms with E-state index in [1.54, 1.807) is 22.8 Å². The molecular weight excluding hydrogens is 352 g/mol. The number of hydrogen-bond acceptors (Lipinski definition) is 6. The van der Waals surface area contributed by atoms with Gasteiger partial charge >= 0.3 is 0 Å². The number of rotatable bonds is 4. The van der Waals surface area contributed by atoms with Crippen LogP contribution in [0.15, 0.2) is 42.6 Å².